The minimum atomic E-state index is -1.16. The van der Waals surface area contributed by atoms with Crippen molar-refractivity contribution in [3.63, 3.8) is 0 Å². The van der Waals surface area contributed by atoms with Crippen LogP contribution in [0.2, 0.25) is 0 Å². The maximum Gasteiger partial charge on any atom is 0.129 e. The summed E-state index contributed by atoms with van der Waals surface area (Å²) >= 11 is 0. The molecule has 0 aromatic heterocycles. The third-order valence-corrected chi connectivity index (χ3v) is 2.66. The summed E-state index contributed by atoms with van der Waals surface area (Å²) in [7, 11) is 0. The molecule has 0 radical (unpaired) electrons. The normalized spacial score (nSPS) is 12.4. The van der Waals surface area contributed by atoms with Crippen molar-refractivity contribution in [3.8, 4) is 0 Å². The van der Waals surface area contributed by atoms with Crippen LogP contribution in [-0.2, 0) is 6.42 Å². The molecule has 0 spiro atoms. The number of hydrogen-bond donors (Lipinski definition) is 1. The molecule has 0 fully saturated rings. The lowest BCUT2D eigenvalue weighted by Crippen LogP contribution is -2.05. The van der Waals surface area contributed by atoms with Crippen LogP contribution in [0.25, 0.3) is 0 Å². The Morgan fingerprint density at radius 1 is 0.889 bits per heavy atom. The average molecular weight is 252 g/mol. The molecule has 1 N–H and O–H groups in total. The van der Waals surface area contributed by atoms with Crippen LogP contribution in [0.1, 0.15) is 17.2 Å². The molecule has 0 heterocycles. The summed E-state index contributed by atoms with van der Waals surface area (Å²) in [6.45, 7) is 0. The van der Waals surface area contributed by atoms with Crippen molar-refractivity contribution in [1.29, 1.82) is 0 Å². The standard InChI is InChI=1S/C14H11F3O/c15-10-3-1-9(2-4-10)7-14(18)12-8-11(16)5-6-13(12)17/h1-6,8,14,18H,7H2. The van der Waals surface area contributed by atoms with E-state index in [1.807, 2.05) is 0 Å². The summed E-state index contributed by atoms with van der Waals surface area (Å²) in [5.41, 5.74) is 0.548. The lowest BCUT2D eigenvalue weighted by atomic mass is 10.0. The van der Waals surface area contributed by atoms with Gasteiger partial charge in [0.1, 0.15) is 17.5 Å². The first kappa shape index (κ1) is 12.6. The van der Waals surface area contributed by atoms with Crippen LogP contribution in [0.15, 0.2) is 42.5 Å². The van der Waals surface area contributed by atoms with Gasteiger partial charge in [0.25, 0.3) is 0 Å². The fourth-order valence-corrected chi connectivity index (χ4v) is 1.72. The van der Waals surface area contributed by atoms with Crippen molar-refractivity contribution >= 4 is 0 Å². The molecule has 0 saturated carbocycles. The van der Waals surface area contributed by atoms with Gasteiger partial charge in [-0.2, -0.15) is 0 Å². The molecule has 1 atom stereocenters. The Hall–Kier alpha value is -1.81. The highest BCUT2D eigenvalue weighted by molar-refractivity contribution is 5.24. The van der Waals surface area contributed by atoms with E-state index in [0.29, 0.717) is 5.56 Å². The summed E-state index contributed by atoms with van der Waals surface area (Å²) < 4.78 is 39.1. The largest absolute Gasteiger partial charge is 0.388 e. The van der Waals surface area contributed by atoms with E-state index in [2.05, 4.69) is 0 Å². The van der Waals surface area contributed by atoms with Gasteiger partial charge in [-0.05, 0) is 35.9 Å². The van der Waals surface area contributed by atoms with E-state index in [-0.39, 0.29) is 17.8 Å². The summed E-state index contributed by atoms with van der Waals surface area (Å²) in [6, 6.07) is 8.42. The number of aliphatic hydroxyl groups is 1. The monoisotopic (exact) mass is 252 g/mol. The molecule has 2 aromatic rings. The zero-order chi connectivity index (χ0) is 13.1. The lowest BCUT2D eigenvalue weighted by molar-refractivity contribution is 0.173. The van der Waals surface area contributed by atoms with Crippen LogP contribution in [0.5, 0.6) is 0 Å². The number of aliphatic hydroxyl groups excluding tert-OH is 1. The predicted octanol–water partition coefficient (Wildman–Crippen LogP) is 3.38. The Kier molecular flexibility index (Phi) is 3.67. The Bertz CT molecular complexity index is 537. The van der Waals surface area contributed by atoms with E-state index < -0.39 is 17.7 Å². The predicted molar refractivity (Wildman–Crippen MR) is 61.4 cm³/mol. The molecule has 1 unspecified atom stereocenters. The van der Waals surface area contributed by atoms with Crippen LogP contribution in [0.4, 0.5) is 13.2 Å². The van der Waals surface area contributed by atoms with Gasteiger partial charge in [0.15, 0.2) is 0 Å². The Balaban J connectivity index is 2.18. The Morgan fingerprint density at radius 3 is 2.17 bits per heavy atom. The molecule has 0 aliphatic heterocycles. The van der Waals surface area contributed by atoms with Crippen LogP contribution in [-0.4, -0.2) is 5.11 Å². The maximum atomic E-state index is 13.4. The molecule has 94 valence electrons. The molecule has 0 saturated heterocycles. The molecule has 0 amide bonds. The van der Waals surface area contributed by atoms with Crippen molar-refractivity contribution in [1.82, 2.24) is 0 Å². The second kappa shape index (κ2) is 5.23. The van der Waals surface area contributed by atoms with E-state index in [1.54, 1.807) is 0 Å². The minimum Gasteiger partial charge on any atom is -0.388 e. The van der Waals surface area contributed by atoms with Gasteiger partial charge in [-0.15, -0.1) is 0 Å². The summed E-state index contributed by atoms with van der Waals surface area (Å²) in [5.74, 6) is -1.65. The summed E-state index contributed by atoms with van der Waals surface area (Å²) in [5, 5.41) is 9.85. The fraction of sp³-hybridized carbons (Fsp3) is 0.143. The second-order valence-corrected chi connectivity index (χ2v) is 4.01. The highest BCUT2D eigenvalue weighted by Gasteiger charge is 2.14. The smallest absolute Gasteiger partial charge is 0.129 e. The van der Waals surface area contributed by atoms with Gasteiger partial charge in [-0.1, -0.05) is 12.1 Å². The molecule has 2 rings (SSSR count). The quantitative estimate of drug-likeness (QED) is 0.887. The third-order valence-electron chi connectivity index (χ3n) is 2.66. The molecular formula is C14H11F3O. The highest BCUT2D eigenvalue weighted by atomic mass is 19.1. The first-order valence-corrected chi connectivity index (χ1v) is 5.44. The van der Waals surface area contributed by atoms with Crippen molar-refractivity contribution in [2.45, 2.75) is 12.5 Å². The summed E-state index contributed by atoms with van der Waals surface area (Å²) in [6.07, 6.45) is -1.06. The van der Waals surface area contributed by atoms with Gasteiger partial charge in [0.2, 0.25) is 0 Å². The zero-order valence-corrected chi connectivity index (χ0v) is 9.41. The molecule has 18 heavy (non-hydrogen) atoms. The SMILES string of the molecule is OC(Cc1ccc(F)cc1)c1cc(F)ccc1F. The van der Waals surface area contributed by atoms with Crippen LogP contribution >= 0.6 is 0 Å². The van der Waals surface area contributed by atoms with Gasteiger partial charge in [-0.25, -0.2) is 13.2 Å². The van der Waals surface area contributed by atoms with Gasteiger partial charge in [0.05, 0.1) is 6.10 Å². The third kappa shape index (κ3) is 2.90. The van der Waals surface area contributed by atoms with Crippen molar-refractivity contribution in [2.24, 2.45) is 0 Å². The maximum absolute atomic E-state index is 13.4. The van der Waals surface area contributed by atoms with E-state index in [1.165, 1.54) is 24.3 Å². The fourth-order valence-electron chi connectivity index (χ4n) is 1.72. The van der Waals surface area contributed by atoms with E-state index in [9.17, 15) is 18.3 Å². The van der Waals surface area contributed by atoms with Gasteiger partial charge in [-0.3, -0.25) is 0 Å². The molecular weight excluding hydrogens is 241 g/mol. The van der Waals surface area contributed by atoms with E-state index >= 15 is 0 Å². The zero-order valence-electron chi connectivity index (χ0n) is 9.41. The van der Waals surface area contributed by atoms with Crippen LogP contribution in [0, 0.1) is 17.5 Å². The summed E-state index contributed by atoms with van der Waals surface area (Å²) in [4.78, 5) is 0. The van der Waals surface area contributed by atoms with E-state index in [4.69, 9.17) is 0 Å². The topological polar surface area (TPSA) is 20.2 Å². The van der Waals surface area contributed by atoms with E-state index in [0.717, 1.165) is 18.2 Å². The first-order valence-electron chi connectivity index (χ1n) is 5.44. The van der Waals surface area contributed by atoms with Gasteiger partial charge >= 0.3 is 0 Å². The Labute approximate surface area is 103 Å². The molecule has 0 aliphatic carbocycles. The average Bonchev–Trinajstić information content (AvgIpc) is 2.35. The molecule has 2 aromatic carbocycles. The molecule has 0 bridgehead atoms. The van der Waals surface area contributed by atoms with Crippen LogP contribution < -0.4 is 0 Å². The number of halogens is 3. The minimum absolute atomic E-state index is 0.0978. The van der Waals surface area contributed by atoms with Crippen LogP contribution in [0.3, 0.4) is 0 Å². The number of hydrogen-bond acceptors (Lipinski definition) is 1. The lowest BCUT2D eigenvalue weighted by Gasteiger charge is -2.12. The Morgan fingerprint density at radius 2 is 1.50 bits per heavy atom. The molecule has 1 nitrogen and oxygen atoms in total. The number of benzene rings is 2. The van der Waals surface area contributed by atoms with Crippen molar-refractivity contribution in [2.75, 3.05) is 0 Å². The number of rotatable bonds is 3. The van der Waals surface area contributed by atoms with Crippen molar-refractivity contribution < 1.29 is 18.3 Å². The van der Waals surface area contributed by atoms with Gasteiger partial charge < -0.3 is 5.11 Å². The highest BCUT2D eigenvalue weighted by Crippen LogP contribution is 2.22. The van der Waals surface area contributed by atoms with Gasteiger partial charge in [0, 0.05) is 12.0 Å². The second-order valence-electron chi connectivity index (χ2n) is 4.01. The first-order chi connectivity index (χ1) is 8.56. The molecule has 0 aliphatic rings. The molecule has 4 heteroatoms. The van der Waals surface area contributed by atoms with Crippen molar-refractivity contribution in [3.05, 3.63) is 71.0 Å².